The van der Waals surface area contributed by atoms with E-state index in [0.29, 0.717) is 5.75 Å². The second-order valence-electron chi connectivity index (χ2n) is 7.61. The number of methoxy groups -OCH3 is 1. The van der Waals surface area contributed by atoms with Crippen molar-refractivity contribution in [3.05, 3.63) is 82.9 Å². The van der Waals surface area contributed by atoms with Gasteiger partial charge in [-0.1, -0.05) is 47.5 Å². The lowest BCUT2D eigenvalue weighted by Gasteiger charge is -2.24. The molecule has 34 heavy (non-hydrogen) atoms. The number of ether oxygens (including phenoxy) is 2. The van der Waals surface area contributed by atoms with Gasteiger partial charge in [-0.25, -0.2) is 8.42 Å². The number of nitrogens with one attached hydrogen (secondary N) is 1. The SMILES string of the molecule is COc1ccc(N(CC(=O)NCCOc2ccc(C)cc2C)S(=O)(=O)c2ccccc2)cc1Cl. The van der Waals surface area contributed by atoms with E-state index < -0.39 is 22.5 Å². The zero-order valence-electron chi connectivity index (χ0n) is 19.2. The van der Waals surface area contributed by atoms with Gasteiger partial charge in [-0.2, -0.15) is 0 Å². The maximum absolute atomic E-state index is 13.4. The molecule has 0 fully saturated rings. The average Bonchev–Trinajstić information content (AvgIpc) is 2.82. The monoisotopic (exact) mass is 502 g/mol. The highest BCUT2D eigenvalue weighted by molar-refractivity contribution is 7.92. The fraction of sp³-hybridized carbons (Fsp3) is 0.240. The molecule has 0 unspecified atom stereocenters. The van der Waals surface area contributed by atoms with Crippen LogP contribution in [0.4, 0.5) is 5.69 Å². The zero-order valence-corrected chi connectivity index (χ0v) is 20.8. The third-order valence-electron chi connectivity index (χ3n) is 5.05. The molecule has 0 aliphatic carbocycles. The Hall–Kier alpha value is -3.23. The van der Waals surface area contributed by atoms with Crippen LogP contribution < -0.4 is 19.1 Å². The maximum atomic E-state index is 13.4. The summed E-state index contributed by atoms with van der Waals surface area (Å²) in [4.78, 5) is 12.8. The van der Waals surface area contributed by atoms with Gasteiger partial charge in [0, 0.05) is 0 Å². The molecule has 3 rings (SSSR count). The summed E-state index contributed by atoms with van der Waals surface area (Å²) in [5.41, 5.74) is 2.38. The molecule has 180 valence electrons. The molecular formula is C25H27ClN2O5S. The molecule has 0 atom stereocenters. The molecule has 0 aliphatic rings. The zero-order chi connectivity index (χ0) is 24.7. The van der Waals surface area contributed by atoms with E-state index in [1.165, 1.54) is 25.3 Å². The Balaban J connectivity index is 1.73. The molecule has 0 bridgehead atoms. The molecule has 1 N–H and O–H groups in total. The quantitative estimate of drug-likeness (QED) is 0.416. The number of hydrogen-bond acceptors (Lipinski definition) is 5. The van der Waals surface area contributed by atoms with Gasteiger partial charge in [0.25, 0.3) is 10.0 Å². The number of anilines is 1. The fourth-order valence-corrected chi connectivity index (χ4v) is 5.03. The summed E-state index contributed by atoms with van der Waals surface area (Å²) in [6.45, 7) is 3.99. The Kier molecular flexibility index (Phi) is 8.41. The molecule has 0 saturated heterocycles. The van der Waals surface area contributed by atoms with Gasteiger partial charge in [-0.3, -0.25) is 9.10 Å². The minimum Gasteiger partial charge on any atom is -0.495 e. The van der Waals surface area contributed by atoms with Gasteiger partial charge in [0.05, 0.1) is 29.3 Å². The molecule has 0 aliphatic heterocycles. The first-order valence-electron chi connectivity index (χ1n) is 10.6. The van der Waals surface area contributed by atoms with Crippen molar-refractivity contribution < 1.29 is 22.7 Å². The van der Waals surface area contributed by atoms with Crippen LogP contribution in [-0.4, -0.2) is 41.1 Å². The number of carbonyl (C=O) groups excluding carboxylic acids is 1. The van der Waals surface area contributed by atoms with E-state index in [-0.39, 0.29) is 28.8 Å². The van der Waals surface area contributed by atoms with Gasteiger partial charge in [-0.15, -0.1) is 0 Å². The van der Waals surface area contributed by atoms with Crippen molar-refractivity contribution in [2.75, 3.05) is 31.1 Å². The summed E-state index contributed by atoms with van der Waals surface area (Å²) in [7, 11) is -2.56. The van der Waals surface area contributed by atoms with Crippen LogP contribution in [0.25, 0.3) is 0 Å². The minimum atomic E-state index is -4.03. The van der Waals surface area contributed by atoms with Crippen molar-refractivity contribution in [1.82, 2.24) is 5.32 Å². The van der Waals surface area contributed by atoms with Gasteiger partial charge >= 0.3 is 0 Å². The van der Waals surface area contributed by atoms with E-state index in [4.69, 9.17) is 21.1 Å². The number of benzene rings is 3. The van der Waals surface area contributed by atoms with Crippen LogP contribution >= 0.6 is 11.6 Å². The summed E-state index contributed by atoms with van der Waals surface area (Å²) in [5, 5.41) is 2.95. The molecule has 0 aromatic heterocycles. The highest BCUT2D eigenvalue weighted by atomic mass is 35.5. The number of aryl methyl sites for hydroxylation is 2. The van der Waals surface area contributed by atoms with Crippen molar-refractivity contribution in [1.29, 1.82) is 0 Å². The molecular weight excluding hydrogens is 476 g/mol. The molecule has 0 heterocycles. The standard InChI is InChI=1S/C25H27ClN2O5S/c1-18-9-11-23(19(2)15-18)33-14-13-27-25(29)17-28(20-10-12-24(32-3)22(26)16-20)34(30,31)21-7-5-4-6-8-21/h4-12,15-16H,13-14,17H2,1-3H3,(H,27,29). The van der Waals surface area contributed by atoms with Crippen molar-refractivity contribution in [3.63, 3.8) is 0 Å². The van der Waals surface area contributed by atoms with E-state index in [9.17, 15) is 13.2 Å². The number of rotatable bonds is 10. The van der Waals surface area contributed by atoms with Gasteiger partial charge in [0.2, 0.25) is 5.91 Å². The van der Waals surface area contributed by atoms with Crippen molar-refractivity contribution >= 4 is 33.2 Å². The molecule has 0 radical (unpaired) electrons. The summed E-state index contributed by atoms with van der Waals surface area (Å²) in [6, 6.07) is 18.3. The molecule has 7 nitrogen and oxygen atoms in total. The van der Waals surface area contributed by atoms with E-state index in [1.54, 1.807) is 30.3 Å². The molecule has 1 amide bonds. The van der Waals surface area contributed by atoms with Gasteiger partial charge in [0.1, 0.15) is 24.7 Å². The number of carbonyl (C=O) groups is 1. The van der Waals surface area contributed by atoms with Crippen LogP contribution in [0.1, 0.15) is 11.1 Å². The van der Waals surface area contributed by atoms with E-state index >= 15 is 0 Å². The average molecular weight is 503 g/mol. The van der Waals surface area contributed by atoms with Crippen LogP contribution in [0.3, 0.4) is 0 Å². The molecule has 9 heteroatoms. The lowest BCUT2D eigenvalue weighted by molar-refractivity contribution is -0.119. The molecule has 0 spiro atoms. The van der Waals surface area contributed by atoms with E-state index in [1.807, 2.05) is 32.0 Å². The second-order valence-corrected chi connectivity index (χ2v) is 9.88. The smallest absolute Gasteiger partial charge is 0.264 e. The highest BCUT2D eigenvalue weighted by Gasteiger charge is 2.27. The predicted octanol–water partition coefficient (Wildman–Crippen LogP) is 4.36. The van der Waals surface area contributed by atoms with Gasteiger partial charge < -0.3 is 14.8 Å². The third-order valence-corrected chi connectivity index (χ3v) is 7.14. The van der Waals surface area contributed by atoms with Gasteiger partial charge in [0.15, 0.2) is 0 Å². The molecule has 3 aromatic rings. The number of amides is 1. The third kappa shape index (κ3) is 6.21. The Labute approximate surface area is 205 Å². The Morgan fingerprint density at radius 3 is 2.35 bits per heavy atom. The Morgan fingerprint density at radius 2 is 1.71 bits per heavy atom. The Morgan fingerprint density at radius 1 is 1.00 bits per heavy atom. The fourth-order valence-electron chi connectivity index (χ4n) is 3.34. The van der Waals surface area contributed by atoms with Crippen molar-refractivity contribution in [2.45, 2.75) is 18.7 Å². The first kappa shape index (κ1) is 25.4. The minimum absolute atomic E-state index is 0.0629. The number of sulfonamides is 1. The molecule has 0 saturated carbocycles. The first-order valence-corrected chi connectivity index (χ1v) is 12.4. The number of halogens is 1. The summed E-state index contributed by atoms with van der Waals surface area (Å²) >= 11 is 6.23. The van der Waals surface area contributed by atoms with Crippen LogP contribution in [-0.2, 0) is 14.8 Å². The lowest BCUT2D eigenvalue weighted by atomic mass is 10.1. The first-order chi connectivity index (χ1) is 16.2. The largest absolute Gasteiger partial charge is 0.495 e. The van der Waals surface area contributed by atoms with Crippen molar-refractivity contribution in [3.8, 4) is 11.5 Å². The van der Waals surface area contributed by atoms with Crippen LogP contribution in [0.2, 0.25) is 5.02 Å². The number of hydrogen-bond donors (Lipinski definition) is 1. The topological polar surface area (TPSA) is 84.9 Å². The van der Waals surface area contributed by atoms with Crippen LogP contribution in [0, 0.1) is 13.8 Å². The maximum Gasteiger partial charge on any atom is 0.264 e. The Bertz CT molecular complexity index is 1250. The summed E-state index contributed by atoms with van der Waals surface area (Å²) in [5.74, 6) is 0.659. The van der Waals surface area contributed by atoms with Crippen LogP contribution in [0.5, 0.6) is 11.5 Å². The highest BCUT2D eigenvalue weighted by Crippen LogP contribution is 2.31. The van der Waals surface area contributed by atoms with Crippen LogP contribution in [0.15, 0.2) is 71.6 Å². The van der Waals surface area contributed by atoms with Crippen molar-refractivity contribution in [2.24, 2.45) is 0 Å². The predicted molar refractivity (Wildman–Crippen MR) is 133 cm³/mol. The summed E-state index contributed by atoms with van der Waals surface area (Å²) in [6.07, 6.45) is 0. The second kappa shape index (κ2) is 11.3. The van der Waals surface area contributed by atoms with E-state index in [2.05, 4.69) is 5.32 Å². The number of nitrogens with zero attached hydrogens (tertiary/aromatic N) is 1. The van der Waals surface area contributed by atoms with Gasteiger partial charge in [-0.05, 0) is 55.8 Å². The van der Waals surface area contributed by atoms with E-state index in [0.717, 1.165) is 21.2 Å². The normalized spacial score (nSPS) is 11.1. The summed E-state index contributed by atoms with van der Waals surface area (Å²) < 4.78 is 38.6. The molecule has 3 aromatic carbocycles. The lowest BCUT2D eigenvalue weighted by Crippen LogP contribution is -2.42.